The van der Waals surface area contributed by atoms with Crippen LogP contribution in [0, 0.1) is 0 Å². The number of fused-ring (bicyclic) bond motifs is 1. The lowest BCUT2D eigenvalue weighted by Gasteiger charge is -2.29. The van der Waals surface area contributed by atoms with E-state index >= 15 is 0 Å². The molecule has 86 valence electrons. The van der Waals surface area contributed by atoms with E-state index in [0.29, 0.717) is 6.04 Å². The number of likely N-dealkylation sites (N-methyl/N-ethyl adjacent to an activating group) is 1. The van der Waals surface area contributed by atoms with Crippen LogP contribution in [0.1, 0.15) is 30.9 Å². The molecule has 1 unspecified atom stereocenters. The molecule has 1 aromatic rings. The lowest BCUT2D eigenvalue weighted by molar-refractivity contribution is 0.344. The highest BCUT2D eigenvalue weighted by molar-refractivity contribution is 5.73. The number of hydrogen-bond donors (Lipinski definition) is 0. The quantitative estimate of drug-likeness (QED) is 0.747. The van der Waals surface area contributed by atoms with Crippen molar-refractivity contribution in [2.24, 2.45) is 0 Å². The third kappa shape index (κ3) is 2.05. The number of benzene rings is 1. The maximum absolute atomic E-state index is 2.43. The summed E-state index contributed by atoms with van der Waals surface area (Å²) in [5.74, 6) is 0. The molecule has 0 saturated carbocycles. The van der Waals surface area contributed by atoms with Crippen molar-refractivity contribution in [3.05, 3.63) is 41.5 Å². The molecule has 0 bridgehead atoms. The van der Waals surface area contributed by atoms with E-state index in [4.69, 9.17) is 0 Å². The van der Waals surface area contributed by atoms with Gasteiger partial charge in [-0.2, -0.15) is 0 Å². The van der Waals surface area contributed by atoms with Gasteiger partial charge in [0.1, 0.15) is 0 Å². The molecule has 0 fully saturated rings. The van der Waals surface area contributed by atoms with Gasteiger partial charge in [0.05, 0.1) is 0 Å². The summed E-state index contributed by atoms with van der Waals surface area (Å²) in [4.78, 5) is 2.33. The molecule has 0 aromatic heterocycles. The van der Waals surface area contributed by atoms with E-state index < -0.39 is 0 Å². The summed E-state index contributed by atoms with van der Waals surface area (Å²) >= 11 is 0. The Bertz CT molecular complexity index is 390. The zero-order valence-electron chi connectivity index (χ0n) is 10.5. The predicted octanol–water partition coefficient (Wildman–Crippen LogP) is 3.36. The molecular weight excluding hydrogens is 194 g/mol. The molecule has 0 spiro atoms. The van der Waals surface area contributed by atoms with Gasteiger partial charge in [-0.1, -0.05) is 37.3 Å². The second kappa shape index (κ2) is 4.84. The van der Waals surface area contributed by atoms with Gasteiger partial charge in [-0.3, -0.25) is 0 Å². The van der Waals surface area contributed by atoms with E-state index in [2.05, 4.69) is 56.3 Å². The van der Waals surface area contributed by atoms with Gasteiger partial charge in [-0.15, -0.1) is 0 Å². The van der Waals surface area contributed by atoms with Gasteiger partial charge < -0.3 is 4.90 Å². The van der Waals surface area contributed by atoms with Crippen LogP contribution < -0.4 is 0 Å². The van der Waals surface area contributed by atoms with Crippen molar-refractivity contribution < 1.29 is 0 Å². The Morgan fingerprint density at radius 1 is 1.25 bits per heavy atom. The normalized spacial score (nSPS) is 16.9. The predicted molar refractivity (Wildman–Crippen MR) is 70.5 cm³/mol. The van der Waals surface area contributed by atoms with Crippen LogP contribution in [-0.4, -0.2) is 25.0 Å². The molecule has 0 radical (unpaired) electrons. The van der Waals surface area contributed by atoms with Crippen molar-refractivity contribution in [1.82, 2.24) is 4.90 Å². The van der Waals surface area contributed by atoms with Gasteiger partial charge in [0.25, 0.3) is 0 Å². The second-order valence-corrected chi connectivity index (χ2v) is 4.74. The summed E-state index contributed by atoms with van der Waals surface area (Å²) in [7, 11) is 4.35. The highest BCUT2D eigenvalue weighted by atomic mass is 15.1. The van der Waals surface area contributed by atoms with Gasteiger partial charge in [0.15, 0.2) is 0 Å². The maximum Gasteiger partial charge on any atom is 0.0342 e. The molecule has 16 heavy (non-hydrogen) atoms. The van der Waals surface area contributed by atoms with E-state index in [1.165, 1.54) is 36.0 Å². The maximum atomic E-state index is 2.43. The SMILES string of the molecule is CCC(C1=CCCc2ccccc21)N(C)C. The van der Waals surface area contributed by atoms with Crippen molar-refractivity contribution in [2.45, 2.75) is 32.2 Å². The molecule has 1 heteroatoms. The van der Waals surface area contributed by atoms with Crippen LogP contribution in [0.3, 0.4) is 0 Å². The summed E-state index contributed by atoms with van der Waals surface area (Å²) < 4.78 is 0. The molecule has 1 aromatic carbocycles. The van der Waals surface area contributed by atoms with Crippen molar-refractivity contribution in [3.63, 3.8) is 0 Å². The minimum Gasteiger partial charge on any atom is -0.302 e. The number of aryl methyl sites for hydroxylation is 1. The van der Waals surface area contributed by atoms with Gasteiger partial charge in [0, 0.05) is 6.04 Å². The fourth-order valence-corrected chi connectivity index (χ4v) is 2.69. The van der Waals surface area contributed by atoms with Gasteiger partial charge in [-0.25, -0.2) is 0 Å². The third-order valence-electron chi connectivity index (χ3n) is 3.48. The van der Waals surface area contributed by atoms with Gasteiger partial charge >= 0.3 is 0 Å². The van der Waals surface area contributed by atoms with E-state index in [1.54, 1.807) is 0 Å². The van der Waals surface area contributed by atoms with Crippen molar-refractivity contribution in [2.75, 3.05) is 14.1 Å². The van der Waals surface area contributed by atoms with Crippen LogP contribution >= 0.6 is 0 Å². The molecule has 1 aliphatic rings. The lowest BCUT2D eigenvalue weighted by Crippen LogP contribution is -2.29. The monoisotopic (exact) mass is 215 g/mol. The summed E-state index contributed by atoms with van der Waals surface area (Å²) in [5, 5.41) is 0. The van der Waals surface area contributed by atoms with Crippen LogP contribution in [0.5, 0.6) is 0 Å². The van der Waals surface area contributed by atoms with Gasteiger partial charge in [-0.05, 0) is 50.1 Å². The molecular formula is C15H21N. The summed E-state index contributed by atoms with van der Waals surface area (Å²) in [6.45, 7) is 2.27. The van der Waals surface area contributed by atoms with Crippen molar-refractivity contribution >= 4 is 5.57 Å². The number of allylic oxidation sites excluding steroid dienone is 1. The summed E-state index contributed by atoms with van der Waals surface area (Å²) in [5.41, 5.74) is 4.50. The summed E-state index contributed by atoms with van der Waals surface area (Å²) in [6.07, 6.45) is 5.99. The zero-order chi connectivity index (χ0) is 11.5. The lowest BCUT2D eigenvalue weighted by atomic mass is 9.86. The second-order valence-electron chi connectivity index (χ2n) is 4.74. The number of rotatable bonds is 3. The van der Waals surface area contributed by atoms with Crippen LogP contribution in [0.2, 0.25) is 0 Å². The van der Waals surface area contributed by atoms with Crippen LogP contribution in [0.15, 0.2) is 30.3 Å². The van der Waals surface area contributed by atoms with E-state index in [0.717, 1.165) is 0 Å². The van der Waals surface area contributed by atoms with Gasteiger partial charge in [0.2, 0.25) is 0 Å². The Morgan fingerprint density at radius 2 is 2.00 bits per heavy atom. The Morgan fingerprint density at radius 3 is 2.69 bits per heavy atom. The van der Waals surface area contributed by atoms with Crippen LogP contribution in [0.4, 0.5) is 0 Å². The molecule has 1 atom stereocenters. The van der Waals surface area contributed by atoms with E-state index in [-0.39, 0.29) is 0 Å². The Balaban J connectivity index is 2.38. The molecule has 1 aliphatic carbocycles. The molecule has 0 N–H and O–H groups in total. The molecule has 1 nitrogen and oxygen atoms in total. The molecule has 0 amide bonds. The average molecular weight is 215 g/mol. The highest BCUT2D eigenvalue weighted by Crippen LogP contribution is 2.31. The van der Waals surface area contributed by atoms with E-state index in [9.17, 15) is 0 Å². The fourth-order valence-electron chi connectivity index (χ4n) is 2.69. The Kier molecular flexibility index (Phi) is 3.45. The van der Waals surface area contributed by atoms with Crippen LogP contribution in [0.25, 0.3) is 5.57 Å². The first-order valence-electron chi connectivity index (χ1n) is 6.18. The minimum absolute atomic E-state index is 0.557. The highest BCUT2D eigenvalue weighted by Gasteiger charge is 2.20. The third-order valence-corrected chi connectivity index (χ3v) is 3.48. The standard InChI is InChI=1S/C15H21N/c1-4-15(16(2)3)14-11-7-9-12-8-5-6-10-13(12)14/h5-6,8,10-11,15H,4,7,9H2,1-3H3. The zero-order valence-corrected chi connectivity index (χ0v) is 10.5. The fraction of sp³-hybridized carbons (Fsp3) is 0.467. The smallest absolute Gasteiger partial charge is 0.0342 e. The van der Waals surface area contributed by atoms with Crippen molar-refractivity contribution in [1.29, 1.82) is 0 Å². The summed E-state index contributed by atoms with van der Waals surface area (Å²) in [6, 6.07) is 9.40. The molecule has 2 rings (SSSR count). The number of hydrogen-bond acceptors (Lipinski definition) is 1. The molecule has 0 saturated heterocycles. The molecule has 0 heterocycles. The largest absolute Gasteiger partial charge is 0.302 e. The Hall–Kier alpha value is -1.08. The van der Waals surface area contributed by atoms with Crippen LogP contribution in [-0.2, 0) is 6.42 Å². The minimum atomic E-state index is 0.557. The average Bonchev–Trinajstić information content (AvgIpc) is 2.30. The Labute approximate surface area is 98.8 Å². The van der Waals surface area contributed by atoms with Crippen molar-refractivity contribution in [3.8, 4) is 0 Å². The molecule has 0 aliphatic heterocycles. The first kappa shape index (κ1) is 11.4. The van der Waals surface area contributed by atoms with E-state index in [1.807, 2.05) is 0 Å². The first-order chi connectivity index (χ1) is 7.74. The first-order valence-corrected chi connectivity index (χ1v) is 6.18. The number of nitrogens with zero attached hydrogens (tertiary/aromatic N) is 1. The topological polar surface area (TPSA) is 3.24 Å².